The van der Waals surface area contributed by atoms with Gasteiger partial charge in [-0.15, -0.1) is 0 Å². The van der Waals surface area contributed by atoms with Crippen molar-refractivity contribution >= 4 is 23.4 Å². The lowest BCUT2D eigenvalue weighted by Gasteiger charge is -2.32. The summed E-state index contributed by atoms with van der Waals surface area (Å²) in [5.41, 5.74) is -0.229. The van der Waals surface area contributed by atoms with Crippen LogP contribution in [-0.4, -0.2) is 47.2 Å². The third-order valence-electron chi connectivity index (χ3n) is 5.04. The second-order valence-corrected chi connectivity index (χ2v) is 7.22. The van der Waals surface area contributed by atoms with E-state index in [1.807, 2.05) is 0 Å². The molecule has 1 aliphatic heterocycles. The average molecular weight is 434 g/mol. The molecule has 1 aromatic heterocycles. The van der Waals surface area contributed by atoms with Crippen molar-refractivity contribution < 1.29 is 27.6 Å². The molecule has 0 aliphatic carbocycles. The Bertz CT molecular complexity index is 925. The van der Waals surface area contributed by atoms with Crippen molar-refractivity contribution in [3.05, 3.63) is 59.9 Å². The van der Waals surface area contributed by atoms with Crippen LogP contribution in [0, 0.1) is 5.92 Å². The van der Waals surface area contributed by atoms with Gasteiger partial charge in [0.1, 0.15) is 0 Å². The normalized spacial score (nSPS) is 14.7. The van der Waals surface area contributed by atoms with E-state index in [-0.39, 0.29) is 24.1 Å². The van der Waals surface area contributed by atoms with Gasteiger partial charge in [-0.05, 0) is 55.2 Å². The van der Waals surface area contributed by atoms with Crippen molar-refractivity contribution in [1.82, 2.24) is 15.2 Å². The molecule has 3 amide bonds. The molecule has 7 nitrogen and oxygen atoms in total. The summed E-state index contributed by atoms with van der Waals surface area (Å²) < 4.78 is 37.7. The van der Waals surface area contributed by atoms with Gasteiger partial charge in [-0.3, -0.25) is 19.4 Å². The zero-order valence-corrected chi connectivity index (χ0v) is 16.5. The smallest absolute Gasteiger partial charge is 0.348 e. The Balaban J connectivity index is 1.42. The number of hydrogen-bond donors (Lipinski definition) is 2. The van der Waals surface area contributed by atoms with Crippen molar-refractivity contribution in [3.8, 4) is 0 Å². The van der Waals surface area contributed by atoms with Crippen LogP contribution < -0.4 is 10.6 Å². The van der Waals surface area contributed by atoms with Crippen LogP contribution >= 0.6 is 0 Å². The highest BCUT2D eigenvalue weighted by molar-refractivity contribution is 6.39. The number of likely N-dealkylation sites (tertiary alicyclic amines) is 1. The second kappa shape index (κ2) is 9.59. The van der Waals surface area contributed by atoms with Gasteiger partial charge in [0.05, 0.1) is 11.1 Å². The molecule has 0 saturated carbocycles. The molecule has 10 heteroatoms. The number of nitrogens with one attached hydrogen (secondary N) is 2. The quantitative estimate of drug-likeness (QED) is 0.724. The van der Waals surface area contributed by atoms with Crippen molar-refractivity contribution in [3.63, 3.8) is 0 Å². The summed E-state index contributed by atoms with van der Waals surface area (Å²) in [6, 6.07) is 7.23. The molecule has 2 heterocycles. The van der Waals surface area contributed by atoms with E-state index in [0.29, 0.717) is 31.5 Å². The first-order chi connectivity index (χ1) is 14.7. The van der Waals surface area contributed by atoms with E-state index in [2.05, 4.69) is 15.6 Å². The van der Waals surface area contributed by atoms with E-state index in [0.717, 1.165) is 24.3 Å². The third-order valence-corrected chi connectivity index (χ3v) is 5.04. The topological polar surface area (TPSA) is 91.4 Å². The fourth-order valence-corrected chi connectivity index (χ4v) is 3.26. The molecule has 2 aromatic rings. The minimum absolute atomic E-state index is 0.0912. The minimum Gasteiger partial charge on any atom is -0.348 e. The summed E-state index contributed by atoms with van der Waals surface area (Å²) in [7, 11) is 0. The van der Waals surface area contributed by atoms with E-state index in [9.17, 15) is 27.6 Å². The predicted octanol–water partition coefficient (Wildman–Crippen LogP) is 2.71. The van der Waals surface area contributed by atoms with E-state index >= 15 is 0 Å². The van der Waals surface area contributed by atoms with Crippen LogP contribution in [0.15, 0.2) is 48.8 Å². The molecule has 164 valence electrons. The standard InChI is InChI=1S/C21H21F3N4O3/c22-21(23,24)16-3-5-17(6-4-16)27-19(30)18(29)26-12-14-7-10-28(11-8-14)20(31)15-2-1-9-25-13-15/h1-6,9,13-14H,7-8,10-12H2,(H,26,29)(H,27,30). The first-order valence-corrected chi connectivity index (χ1v) is 9.70. The molecule has 3 rings (SSSR count). The van der Waals surface area contributed by atoms with Crippen LogP contribution in [-0.2, 0) is 15.8 Å². The fraction of sp³-hybridized carbons (Fsp3) is 0.333. The lowest BCUT2D eigenvalue weighted by molar-refractivity contribution is -0.137. The predicted molar refractivity (Wildman–Crippen MR) is 106 cm³/mol. The van der Waals surface area contributed by atoms with Gasteiger partial charge in [-0.2, -0.15) is 13.2 Å². The first kappa shape index (κ1) is 22.3. The third kappa shape index (κ3) is 6.03. The van der Waals surface area contributed by atoms with Crippen molar-refractivity contribution in [2.75, 3.05) is 25.0 Å². The number of benzene rings is 1. The summed E-state index contributed by atoms with van der Waals surface area (Å²) in [4.78, 5) is 42.0. The maximum Gasteiger partial charge on any atom is 0.416 e. The van der Waals surface area contributed by atoms with Crippen LogP contribution in [0.4, 0.5) is 18.9 Å². The maximum atomic E-state index is 12.6. The van der Waals surface area contributed by atoms with Crippen LogP contribution in [0.1, 0.15) is 28.8 Å². The summed E-state index contributed by atoms with van der Waals surface area (Å²) >= 11 is 0. The van der Waals surface area contributed by atoms with Crippen molar-refractivity contribution in [2.45, 2.75) is 19.0 Å². The lowest BCUT2D eigenvalue weighted by Crippen LogP contribution is -2.43. The highest BCUT2D eigenvalue weighted by Gasteiger charge is 2.30. The van der Waals surface area contributed by atoms with Crippen LogP contribution in [0.3, 0.4) is 0 Å². The van der Waals surface area contributed by atoms with Gasteiger partial charge in [0.25, 0.3) is 5.91 Å². The lowest BCUT2D eigenvalue weighted by atomic mass is 9.96. The molecule has 1 aromatic carbocycles. The number of anilines is 1. The number of pyridine rings is 1. The van der Waals surface area contributed by atoms with Gasteiger partial charge < -0.3 is 15.5 Å². The molecule has 0 spiro atoms. The highest BCUT2D eigenvalue weighted by Crippen LogP contribution is 2.29. The Morgan fingerprint density at radius 1 is 1.03 bits per heavy atom. The van der Waals surface area contributed by atoms with Gasteiger partial charge >= 0.3 is 18.0 Å². The molecular formula is C21H21F3N4O3. The zero-order chi connectivity index (χ0) is 22.4. The molecule has 0 radical (unpaired) electrons. The van der Waals surface area contributed by atoms with E-state index in [1.165, 1.54) is 6.20 Å². The molecular weight excluding hydrogens is 413 g/mol. The Labute approximate surface area is 176 Å². The van der Waals surface area contributed by atoms with Gasteiger partial charge in [-0.25, -0.2) is 0 Å². The number of piperidine rings is 1. The SMILES string of the molecule is O=C(NCC1CCN(C(=O)c2cccnc2)CC1)C(=O)Nc1ccc(C(F)(F)F)cc1. The summed E-state index contributed by atoms with van der Waals surface area (Å²) in [6.45, 7) is 1.34. The molecule has 0 unspecified atom stereocenters. The summed E-state index contributed by atoms with van der Waals surface area (Å²) in [5, 5.41) is 4.81. The number of halogens is 3. The highest BCUT2D eigenvalue weighted by atomic mass is 19.4. The average Bonchev–Trinajstić information content (AvgIpc) is 2.77. The van der Waals surface area contributed by atoms with E-state index in [1.54, 1.807) is 23.2 Å². The Hall–Kier alpha value is -3.43. The van der Waals surface area contributed by atoms with E-state index in [4.69, 9.17) is 0 Å². The second-order valence-electron chi connectivity index (χ2n) is 7.22. The number of hydrogen-bond acceptors (Lipinski definition) is 4. The van der Waals surface area contributed by atoms with Gasteiger partial charge in [0.2, 0.25) is 0 Å². The van der Waals surface area contributed by atoms with Crippen LogP contribution in [0.2, 0.25) is 0 Å². The molecule has 31 heavy (non-hydrogen) atoms. The first-order valence-electron chi connectivity index (χ1n) is 9.70. The monoisotopic (exact) mass is 434 g/mol. The van der Waals surface area contributed by atoms with Gasteiger partial charge in [-0.1, -0.05) is 0 Å². The van der Waals surface area contributed by atoms with Gasteiger partial charge in [0, 0.05) is 37.7 Å². The maximum absolute atomic E-state index is 12.6. The fourth-order valence-electron chi connectivity index (χ4n) is 3.26. The summed E-state index contributed by atoms with van der Waals surface area (Å²) in [6.07, 6.45) is -0.0129. The van der Waals surface area contributed by atoms with Crippen LogP contribution in [0.5, 0.6) is 0 Å². The molecule has 1 aliphatic rings. The largest absolute Gasteiger partial charge is 0.416 e. The molecule has 0 atom stereocenters. The molecule has 0 bridgehead atoms. The zero-order valence-electron chi connectivity index (χ0n) is 16.5. The molecule has 2 N–H and O–H groups in total. The number of rotatable bonds is 4. The van der Waals surface area contributed by atoms with Crippen molar-refractivity contribution in [2.24, 2.45) is 5.92 Å². The number of alkyl halides is 3. The Kier molecular flexibility index (Phi) is 6.88. The number of carbonyl (C=O) groups excluding carboxylic acids is 3. The van der Waals surface area contributed by atoms with Gasteiger partial charge in [0.15, 0.2) is 0 Å². The minimum atomic E-state index is -4.47. The number of carbonyl (C=O) groups is 3. The number of amides is 3. The molecule has 1 fully saturated rings. The number of aromatic nitrogens is 1. The Morgan fingerprint density at radius 3 is 2.29 bits per heavy atom. The summed E-state index contributed by atoms with van der Waals surface area (Å²) in [5.74, 6) is -1.80. The van der Waals surface area contributed by atoms with E-state index < -0.39 is 23.6 Å². The Morgan fingerprint density at radius 2 is 1.71 bits per heavy atom. The van der Waals surface area contributed by atoms with Crippen LogP contribution in [0.25, 0.3) is 0 Å². The van der Waals surface area contributed by atoms with Crippen molar-refractivity contribution in [1.29, 1.82) is 0 Å². The molecule has 1 saturated heterocycles. The number of nitrogens with zero attached hydrogens (tertiary/aromatic N) is 2.